The van der Waals surface area contributed by atoms with Gasteiger partial charge in [0.2, 0.25) is 6.29 Å². The molecule has 1 N–H and O–H groups in total. The van der Waals surface area contributed by atoms with Crippen molar-refractivity contribution >= 4 is 18.0 Å². The van der Waals surface area contributed by atoms with E-state index in [9.17, 15) is 4.79 Å². The van der Waals surface area contributed by atoms with Crippen LogP contribution in [0.15, 0.2) is 0 Å². The summed E-state index contributed by atoms with van der Waals surface area (Å²) in [6.45, 7) is 0. The van der Waals surface area contributed by atoms with Crippen LogP contribution in [0.5, 0.6) is 0 Å². The Bertz CT molecular complexity index is 187. The second-order valence-electron chi connectivity index (χ2n) is 1.49. The fourth-order valence-corrected chi connectivity index (χ4v) is 0.930. The van der Waals surface area contributed by atoms with Crippen molar-refractivity contribution in [1.82, 2.24) is 20.6 Å². The summed E-state index contributed by atoms with van der Waals surface area (Å²) in [5.74, 6) is 1.67. The lowest BCUT2D eigenvalue weighted by Crippen LogP contribution is -1.86. The van der Waals surface area contributed by atoms with E-state index in [1.807, 2.05) is 0 Å². The molecule has 53 valence electrons. The van der Waals surface area contributed by atoms with Crippen molar-refractivity contribution < 1.29 is 4.79 Å². The molecule has 0 unspecified atom stereocenters. The molecule has 0 aliphatic rings. The number of aromatic amines is 1. The van der Waals surface area contributed by atoms with Gasteiger partial charge < -0.3 is 0 Å². The molecule has 0 saturated heterocycles. The minimum Gasteiger partial charge on any atom is -0.290 e. The minimum absolute atomic E-state index is 0.362. The van der Waals surface area contributed by atoms with Crippen molar-refractivity contribution in [2.24, 2.45) is 0 Å². The predicted octanol–water partition coefficient (Wildman–Crippen LogP) is -0.457. The van der Waals surface area contributed by atoms with Crippen LogP contribution in [0.4, 0.5) is 0 Å². The molecule has 5 nitrogen and oxygen atoms in total. The van der Waals surface area contributed by atoms with Crippen LogP contribution in [-0.4, -0.2) is 32.7 Å². The van der Waals surface area contributed by atoms with Crippen LogP contribution in [0.2, 0.25) is 0 Å². The highest BCUT2D eigenvalue weighted by molar-refractivity contribution is 7.99. The van der Waals surface area contributed by atoms with Crippen LogP contribution < -0.4 is 0 Å². The van der Waals surface area contributed by atoms with E-state index in [0.717, 1.165) is 0 Å². The summed E-state index contributed by atoms with van der Waals surface area (Å²) in [5, 5.41) is 12.9. The Hall–Kier alpha value is -0.910. The van der Waals surface area contributed by atoms with Crippen LogP contribution in [0.1, 0.15) is 5.82 Å². The summed E-state index contributed by atoms with van der Waals surface area (Å²) in [6.07, 6.45) is 1.76. The number of aromatic nitrogens is 4. The van der Waals surface area contributed by atoms with Gasteiger partial charge in [0.25, 0.3) is 0 Å². The molecule has 0 bridgehead atoms. The first kappa shape index (κ1) is 7.20. The number of thioether (sulfide) groups is 1. The van der Waals surface area contributed by atoms with Gasteiger partial charge in [0.1, 0.15) is 0 Å². The van der Waals surface area contributed by atoms with Gasteiger partial charge in [-0.05, 0) is 10.4 Å². The zero-order valence-corrected chi connectivity index (χ0v) is 5.89. The van der Waals surface area contributed by atoms with E-state index in [1.165, 1.54) is 11.8 Å². The average molecular weight is 157 g/mol. The van der Waals surface area contributed by atoms with Gasteiger partial charge in [-0.3, -0.25) is 4.79 Å². The zero-order chi connectivity index (χ0) is 7.23. The quantitative estimate of drug-likeness (QED) is 0.599. The molecule has 1 aromatic heterocycles. The average Bonchev–Trinajstić information content (AvgIpc) is 2.41. The largest absolute Gasteiger partial charge is 0.290 e. The highest BCUT2D eigenvalue weighted by atomic mass is 32.2. The summed E-state index contributed by atoms with van der Waals surface area (Å²) < 4.78 is 0. The second-order valence-corrected chi connectivity index (χ2v) is 2.47. The van der Waals surface area contributed by atoms with Crippen molar-refractivity contribution in [2.75, 3.05) is 5.75 Å². The number of hydrogen-bond acceptors (Lipinski definition) is 5. The smallest absolute Gasteiger partial charge is 0.209 e. The molecule has 0 atom stereocenters. The molecule has 0 spiro atoms. The van der Waals surface area contributed by atoms with E-state index in [4.69, 9.17) is 0 Å². The van der Waals surface area contributed by atoms with E-state index in [2.05, 4.69) is 20.6 Å². The fraction of sp³-hybridized carbons (Fsp3) is 0.500. The van der Waals surface area contributed by atoms with Crippen molar-refractivity contribution in [1.29, 1.82) is 0 Å². The van der Waals surface area contributed by atoms with Crippen LogP contribution in [0.25, 0.3) is 0 Å². The molecule has 0 amide bonds. The second kappa shape index (κ2) is 3.99. The summed E-state index contributed by atoms with van der Waals surface area (Å²) in [5.41, 5.74) is 0. The lowest BCUT2D eigenvalue weighted by molar-refractivity contribution is 0.560. The third-order valence-electron chi connectivity index (χ3n) is 0.789. The SMILES string of the molecule is O=[C]CSCc1nnn[nH]1. The Morgan fingerprint density at radius 1 is 1.70 bits per heavy atom. The molecule has 6 heteroatoms. The van der Waals surface area contributed by atoms with Crippen LogP contribution in [0, 0.1) is 0 Å². The molecule has 1 radical (unpaired) electrons. The van der Waals surface area contributed by atoms with E-state index in [1.54, 1.807) is 6.29 Å². The molecular weight excluding hydrogens is 152 g/mol. The van der Waals surface area contributed by atoms with E-state index in [0.29, 0.717) is 17.3 Å². The first-order valence-electron chi connectivity index (χ1n) is 2.59. The van der Waals surface area contributed by atoms with Crippen molar-refractivity contribution in [3.05, 3.63) is 5.82 Å². The maximum absolute atomic E-state index is 9.73. The molecule has 0 saturated carbocycles. The molecule has 0 fully saturated rings. The van der Waals surface area contributed by atoms with Gasteiger partial charge in [0.15, 0.2) is 5.82 Å². The van der Waals surface area contributed by atoms with Gasteiger partial charge >= 0.3 is 0 Å². The minimum atomic E-state index is 0.362. The van der Waals surface area contributed by atoms with Gasteiger partial charge in [-0.2, -0.15) is 0 Å². The number of nitrogens with one attached hydrogen (secondary N) is 1. The van der Waals surface area contributed by atoms with Gasteiger partial charge in [-0.15, -0.1) is 16.9 Å². The highest BCUT2D eigenvalue weighted by Crippen LogP contribution is 2.03. The van der Waals surface area contributed by atoms with E-state index < -0.39 is 0 Å². The maximum atomic E-state index is 9.73. The number of hydrogen-bond donors (Lipinski definition) is 1. The van der Waals surface area contributed by atoms with E-state index >= 15 is 0 Å². The number of H-pyrrole nitrogens is 1. The molecule has 1 heterocycles. The van der Waals surface area contributed by atoms with Gasteiger partial charge in [-0.1, -0.05) is 0 Å². The molecule has 0 aromatic carbocycles. The summed E-state index contributed by atoms with van der Waals surface area (Å²) in [4.78, 5) is 9.73. The van der Waals surface area contributed by atoms with Crippen LogP contribution >= 0.6 is 11.8 Å². The first-order valence-corrected chi connectivity index (χ1v) is 3.74. The standard InChI is InChI=1S/C4H5N4OS/c9-1-2-10-3-4-5-7-8-6-4/h2-3H2,(H,5,6,7,8). The van der Waals surface area contributed by atoms with Gasteiger partial charge in [0, 0.05) is 0 Å². The van der Waals surface area contributed by atoms with Gasteiger partial charge in [0.05, 0.1) is 11.5 Å². The number of tetrazole rings is 1. The number of carbonyl (C=O) groups excluding carboxylic acids is 1. The third kappa shape index (κ3) is 2.14. The van der Waals surface area contributed by atoms with Crippen LogP contribution in [0.3, 0.4) is 0 Å². The summed E-state index contributed by atoms with van der Waals surface area (Å²) in [7, 11) is 0. The summed E-state index contributed by atoms with van der Waals surface area (Å²) in [6, 6.07) is 0. The van der Waals surface area contributed by atoms with Crippen molar-refractivity contribution in [3.63, 3.8) is 0 Å². The number of nitrogens with zero attached hydrogens (tertiary/aromatic N) is 3. The molecule has 10 heavy (non-hydrogen) atoms. The maximum Gasteiger partial charge on any atom is 0.209 e. The fourth-order valence-electron chi connectivity index (χ4n) is 0.429. The topological polar surface area (TPSA) is 71.5 Å². The first-order chi connectivity index (χ1) is 4.93. The van der Waals surface area contributed by atoms with Crippen LogP contribution in [-0.2, 0) is 10.5 Å². The molecule has 0 aliphatic carbocycles. The third-order valence-corrected chi connectivity index (χ3v) is 1.59. The predicted molar refractivity (Wildman–Crippen MR) is 36.0 cm³/mol. The molecule has 0 aliphatic heterocycles. The van der Waals surface area contributed by atoms with E-state index in [-0.39, 0.29) is 0 Å². The lowest BCUT2D eigenvalue weighted by atomic mass is 10.8. The summed E-state index contributed by atoms with van der Waals surface area (Å²) >= 11 is 1.41. The molecular formula is C4H5N4OS. The Balaban J connectivity index is 2.21. The zero-order valence-electron chi connectivity index (χ0n) is 5.07. The Labute approximate surface area is 61.6 Å². The Kier molecular flexibility index (Phi) is 2.88. The molecule has 1 aromatic rings. The Morgan fingerprint density at radius 3 is 3.20 bits per heavy atom. The highest BCUT2D eigenvalue weighted by Gasteiger charge is 1.94. The normalized spacial score (nSPS) is 9.60. The number of rotatable bonds is 4. The van der Waals surface area contributed by atoms with Gasteiger partial charge in [-0.25, -0.2) is 5.10 Å². The van der Waals surface area contributed by atoms with Crippen molar-refractivity contribution in [3.8, 4) is 0 Å². The lowest BCUT2D eigenvalue weighted by Gasteiger charge is -1.87. The molecule has 1 rings (SSSR count). The monoisotopic (exact) mass is 157 g/mol. The van der Waals surface area contributed by atoms with Crippen molar-refractivity contribution in [2.45, 2.75) is 5.75 Å². The Morgan fingerprint density at radius 2 is 2.60 bits per heavy atom.